The molecular formula is C28H29N3O7. The average Bonchev–Trinajstić information content (AvgIpc) is 3.07. The molecule has 0 saturated heterocycles. The standard InChI is InChI=1S/C28H29N3O7/c1-4-23-28(33)30(14-13-18-5-11-25(36-2)26(15-18)37-3)17-20-16-21(8-12-24(20)38-23)29-27(32)19-6-9-22(10-7-19)31(34)35/h5-12,15-16,23H,4,13-14,17H2,1-3H3,(H,29,32). The number of carbonyl (C=O) groups is 2. The van der Waals surface area contributed by atoms with Crippen LogP contribution in [-0.2, 0) is 17.8 Å². The van der Waals surface area contributed by atoms with E-state index in [1.54, 1.807) is 37.3 Å². The smallest absolute Gasteiger partial charge is 0.269 e. The van der Waals surface area contributed by atoms with E-state index in [4.69, 9.17) is 14.2 Å². The lowest BCUT2D eigenvalue weighted by Crippen LogP contribution is -2.40. The van der Waals surface area contributed by atoms with Gasteiger partial charge in [-0.25, -0.2) is 0 Å². The first kappa shape index (κ1) is 26.5. The van der Waals surface area contributed by atoms with Crippen molar-refractivity contribution in [3.05, 3.63) is 87.5 Å². The number of benzene rings is 3. The second kappa shape index (κ2) is 11.6. The van der Waals surface area contributed by atoms with Crippen LogP contribution < -0.4 is 19.5 Å². The van der Waals surface area contributed by atoms with E-state index in [9.17, 15) is 19.7 Å². The zero-order chi connectivity index (χ0) is 27.2. The maximum Gasteiger partial charge on any atom is 0.269 e. The van der Waals surface area contributed by atoms with Crippen LogP contribution in [0.4, 0.5) is 11.4 Å². The number of anilines is 1. The molecule has 0 spiro atoms. The predicted molar refractivity (Wildman–Crippen MR) is 141 cm³/mol. The van der Waals surface area contributed by atoms with Gasteiger partial charge >= 0.3 is 0 Å². The number of fused-ring (bicyclic) bond motifs is 1. The highest BCUT2D eigenvalue weighted by Gasteiger charge is 2.30. The maximum absolute atomic E-state index is 13.3. The number of rotatable bonds is 9. The van der Waals surface area contributed by atoms with E-state index < -0.39 is 16.9 Å². The van der Waals surface area contributed by atoms with Crippen molar-refractivity contribution in [3.63, 3.8) is 0 Å². The molecule has 1 aliphatic heterocycles. The van der Waals surface area contributed by atoms with Gasteiger partial charge < -0.3 is 24.4 Å². The Balaban J connectivity index is 1.51. The zero-order valence-corrected chi connectivity index (χ0v) is 21.4. The van der Waals surface area contributed by atoms with Gasteiger partial charge in [0.1, 0.15) is 5.75 Å². The van der Waals surface area contributed by atoms with E-state index in [1.807, 2.05) is 25.1 Å². The van der Waals surface area contributed by atoms with Gasteiger partial charge in [-0.1, -0.05) is 13.0 Å². The van der Waals surface area contributed by atoms with E-state index in [0.717, 1.165) is 11.1 Å². The Morgan fingerprint density at radius 2 is 1.82 bits per heavy atom. The van der Waals surface area contributed by atoms with Gasteiger partial charge in [0.15, 0.2) is 17.6 Å². The third-order valence-corrected chi connectivity index (χ3v) is 6.37. The number of carbonyl (C=O) groups excluding carboxylic acids is 2. The van der Waals surface area contributed by atoms with Crippen molar-refractivity contribution in [1.82, 2.24) is 4.90 Å². The molecule has 3 aromatic carbocycles. The van der Waals surface area contributed by atoms with Crippen LogP contribution in [-0.4, -0.2) is 48.5 Å². The van der Waals surface area contributed by atoms with Crippen molar-refractivity contribution in [2.45, 2.75) is 32.4 Å². The fourth-order valence-corrected chi connectivity index (χ4v) is 4.27. The summed E-state index contributed by atoms with van der Waals surface area (Å²) in [5.74, 6) is 1.36. The molecule has 0 saturated carbocycles. The van der Waals surface area contributed by atoms with E-state index in [2.05, 4.69) is 5.32 Å². The number of methoxy groups -OCH3 is 2. The molecule has 1 heterocycles. The Hall–Kier alpha value is -4.60. The van der Waals surface area contributed by atoms with Gasteiger partial charge in [-0.15, -0.1) is 0 Å². The lowest BCUT2D eigenvalue weighted by Gasteiger charge is -2.23. The van der Waals surface area contributed by atoms with Crippen LogP contribution in [0.3, 0.4) is 0 Å². The second-order valence-electron chi connectivity index (χ2n) is 8.79. The lowest BCUT2D eigenvalue weighted by molar-refractivity contribution is -0.384. The largest absolute Gasteiger partial charge is 0.493 e. The fraction of sp³-hybridized carbons (Fsp3) is 0.286. The summed E-state index contributed by atoms with van der Waals surface area (Å²) < 4.78 is 16.7. The molecule has 10 heteroatoms. The van der Waals surface area contributed by atoms with Crippen LogP contribution in [0.2, 0.25) is 0 Å². The third-order valence-electron chi connectivity index (χ3n) is 6.37. The Bertz CT molecular complexity index is 1340. The molecule has 198 valence electrons. The zero-order valence-electron chi connectivity index (χ0n) is 21.4. The van der Waals surface area contributed by atoms with Gasteiger partial charge in [0.25, 0.3) is 17.5 Å². The van der Waals surface area contributed by atoms with Gasteiger partial charge in [-0.05, 0) is 60.9 Å². The fourth-order valence-electron chi connectivity index (χ4n) is 4.27. The molecule has 2 amide bonds. The summed E-state index contributed by atoms with van der Waals surface area (Å²) in [5.41, 5.74) is 2.49. The van der Waals surface area contributed by atoms with Crippen molar-refractivity contribution in [2.24, 2.45) is 0 Å². The van der Waals surface area contributed by atoms with Gasteiger partial charge in [0.05, 0.1) is 19.1 Å². The lowest BCUT2D eigenvalue weighted by atomic mass is 10.1. The van der Waals surface area contributed by atoms with Gasteiger partial charge in [0, 0.05) is 42.0 Å². The normalized spacial score (nSPS) is 14.7. The molecule has 38 heavy (non-hydrogen) atoms. The number of nitrogens with one attached hydrogen (secondary N) is 1. The van der Waals surface area contributed by atoms with Crippen LogP contribution in [0.1, 0.15) is 34.8 Å². The minimum atomic E-state index is -0.609. The second-order valence-corrected chi connectivity index (χ2v) is 8.79. The molecule has 3 aromatic rings. The monoisotopic (exact) mass is 519 g/mol. The molecular weight excluding hydrogens is 490 g/mol. The summed E-state index contributed by atoms with van der Waals surface area (Å²) in [6.07, 6.45) is 0.514. The first-order valence-corrected chi connectivity index (χ1v) is 12.2. The van der Waals surface area contributed by atoms with Crippen molar-refractivity contribution in [1.29, 1.82) is 0 Å². The number of hydrogen-bond donors (Lipinski definition) is 1. The topological polar surface area (TPSA) is 120 Å². The minimum Gasteiger partial charge on any atom is -0.493 e. The molecule has 0 aromatic heterocycles. The number of nitro benzene ring substituents is 1. The number of ether oxygens (including phenoxy) is 3. The quantitative estimate of drug-likeness (QED) is 0.324. The average molecular weight is 520 g/mol. The van der Waals surface area contributed by atoms with Crippen LogP contribution in [0.25, 0.3) is 0 Å². The number of hydrogen-bond acceptors (Lipinski definition) is 7. The maximum atomic E-state index is 13.3. The highest BCUT2D eigenvalue weighted by Crippen LogP contribution is 2.31. The van der Waals surface area contributed by atoms with E-state index in [1.165, 1.54) is 24.3 Å². The molecule has 0 fully saturated rings. The Morgan fingerprint density at radius 3 is 2.47 bits per heavy atom. The van der Waals surface area contributed by atoms with Crippen LogP contribution in [0, 0.1) is 10.1 Å². The Labute approximate surface area is 220 Å². The first-order chi connectivity index (χ1) is 18.3. The summed E-state index contributed by atoms with van der Waals surface area (Å²) in [5, 5.41) is 13.7. The van der Waals surface area contributed by atoms with Crippen molar-refractivity contribution >= 4 is 23.2 Å². The van der Waals surface area contributed by atoms with Crippen LogP contribution >= 0.6 is 0 Å². The van der Waals surface area contributed by atoms with Crippen molar-refractivity contribution in [3.8, 4) is 17.2 Å². The first-order valence-electron chi connectivity index (χ1n) is 12.2. The minimum absolute atomic E-state index is 0.0907. The van der Waals surface area contributed by atoms with Crippen LogP contribution in [0.15, 0.2) is 60.7 Å². The summed E-state index contributed by atoms with van der Waals surface area (Å²) in [6, 6.07) is 16.3. The predicted octanol–water partition coefficient (Wildman–Crippen LogP) is 4.61. The Kier molecular flexibility index (Phi) is 8.10. The van der Waals surface area contributed by atoms with Crippen LogP contribution in [0.5, 0.6) is 17.2 Å². The highest BCUT2D eigenvalue weighted by atomic mass is 16.6. The van der Waals surface area contributed by atoms with Crippen molar-refractivity contribution in [2.75, 3.05) is 26.1 Å². The molecule has 0 radical (unpaired) electrons. The van der Waals surface area contributed by atoms with E-state index >= 15 is 0 Å². The van der Waals surface area contributed by atoms with E-state index in [-0.39, 0.29) is 11.6 Å². The van der Waals surface area contributed by atoms with Gasteiger partial charge in [-0.3, -0.25) is 19.7 Å². The summed E-state index contributed by atoms with van der Waals surface area (Å²) >= 11 is 0. The molecule has 1 atom stereocenters. The summed E-state index contributed by atoms with van der Waals surface area (Å²) in [6.45, 7) is 2.69. The number of amides is 2. The van der Waals surface area contributed by atoms with Gasteiger partial charge in [0.2, 0.25) is 0 Å². The third kappa shape index (κ3) is 5.86. The highest BCUT2D eigenvalue weighted by molar-refractivity contribution is 6.04. The number of nitrogens with zero attached hydrogens (tertiary/aromatic N) is 2. The summed E-state index contributed by atoms with van der Waals surface area (Å²) in [4.78, 5) is 38.1. The Morgan fingerprint density at radius 1 is 1.08 bits per heavy atom. The molecule has 0 bridgehead atoms. The molecule has 10 nitrogen and oxygen atoms in total. The SMILES string of the molecule is CCC1Oc2ccc(NC(=O)c3ccc([N+](=O)[O-])cc3)cc2CN(CCc2ccc(OC)c(OC)c2)C1=O. The summed E-state index contributed by atoms with van der Waals surface area (Å²) in [7, 11) is 3.16. The molecule has 1 N–H and O–H groups in total. The molecule has 1 unspecified atom stereocenters. The molecule has 1 aliphatic rings. The van der Waals surface area contributed by atoms with E-state index in [0.29, 0.717) is 54.4 Å². The number of nitro groups is 1. The number of non-ortho nitro benzene ring substituents is 1. The van der Waals surface area contributed by atoms with Gasteiger partial charge in [-0.2, -0.15) is 0 Å². The van der Waals surface area contributed by atoms with Crippen molar-refractivity contribution < 1.29 is 28.7 Å². The molecule has 4 rings (SSSR count). The molecule has 0 aliphatic carbocycles.